The van der Waals surface area contributed by atoms with E-state index in [9.17, 15) is 9.59 Å². The molecule has 1 aromatic rings. The van der Waals surface area contributed by atoms with Gasteiger partial charge in [-0.2, -0.15) is 5.10 Å². The Balaban J connectivity index is 2.89. The van der Waals surface area contributed by atoms with Crippen molar-refractivity contribution in [3.8, 4) is 0 Å². The lowest BCUT2D eigenvalue weighted by molar-refractivity contribution is -0.142. The molecule has 17 heavy (non-hydrogen) atoms. The molecule has 1 atom stereocenters. The van der Waals surface area contributed by atoms with Crippen molar-refractivity contribution < 1.29 is 14.7 Å². The van der Waals surface area contributed by atoms with Gasteiger partial charge in [-0.25, -0.2) is 4.79 Å². The Morgan fingerprint density at radius 1 is 1.53 bits per heavy atom. The van der Waals surface area contributed by atoms with E-state index < -0.39 is 17.9 Å². The number of rotatable bonds is 4. The van der Waals surface area contributed by atoms with Gasteiger partial charge in [0, 0.05) is 6.92 Å². The van der Waals surface area contributed by atoms with Crippen LogP contribution in [-0.4, -0.2) is 32.8 Å². The first kappa shape index (κ1) is 13.5. The summed E-state index contributed by atoms with van der Waals surface area (Å²) in [4.78, 5) is 21.8. The molecule has 0 saturated heterocycles. The molecule has 6 nitrogen and oxygen atoms in total. The second-order valence-electron chi connectivity index (χ2n) is 3.76. The summed E-state index contributed by atoms with van der Waals surface area (Å²) in [6.45, 7) is 4.80. The number of nitrogens with zero attached hydrogens (tertiary/aromatic N) is 2. The minimum Gasteiger partial charge on any atom is -0.480 e. The first-order valence-electron chi connectivity index (χ1n) is 5.02. The van der Waals surface area contributed by atoms with Gasteiger partial charge in [-0.05, 0) is 13.8 Å². The van der Waals surface area contributed by atoms with Crippen LogP contribution in [0.5, 0.6) is 0 Å². The van der Waals surface area contributed by atoms with Gasteiger partial charge in [-0.3, -0.25) is 9.48 Å². The molecule has 1 aromatic heterocycles. The first-order valence-corrected chi connectivity index (χ1v) is 5.40. The zero-order chi connectivity index (χ0) is 13.2. The molecule has 0 saturated carbocycles. The Morgan fingerprint density at radius 3 is 2.47 bits per heavy atom. The van der Waals surface area contributed by atoms with Crippen LogP contribution in [0.25, 0.3) is 0 Å². The lowest BCUT2D eigenvalue weighted by atomic mass is 10.3. The number of carboxylic acid groups (broad SMARTS) is 1. The van der Waals surface area contributed by atoms with Gasteiger partial charge in [-0.15, -0.1) is 0 Å². The number of halogens is 1. The van der Waals surface area contributed by atoms with Crippen molar-refractivity contribution in [2.24, 2.45) is 0 Å². The number of amides is 1. The second kappa shape index (κ2) is 5.18. The van der Waals surface area contributed by atoms with Crippen LogP contribution in [-0.2, 0) is 16.1 Å². The molecule has 1 amide bonds. The predicted octanol–water partition coefficient (Wildman–Crippen LogP) is 0.743. The third-order valence-electron chi connectivity index (χ3n) is 2.32. The smallest absolute Gasteiger partial charge is 0.328 e. The van der Waals surface area contributed by atoms with Crippen molar-refractivity contribution in [2.45, 2.75) is 33.4 Å². The Morgan fingerprint density at radius 2 is 2.12 bits per heavy atom. The number of nitrogens with one attached hydrogen (secondary N) is 1. The molecule has 1 heterocycles. The van der Waals surface area contributed by atoms with Gasteiger partial charge in [0.05, 0.1) is 23.0 Å². The first-order chi connectivity index (χ1) is 7.82. The van der Waals surface area contributed by atoms with Crippen LogP contribution < -0.4 is 5.32 Å². The lowest BCUT2D eigenvalue weighted by Crippen LogP contribution is -2.43. The summed E-state index contributed by atoms with van der Waals surface area (Å²) in [6, 6.07) is -1.01. The van der Waals surface area contributed by atoms with Crippen molar-refractivity contribution in [1.29, 1.82) is 0 Å². The van der Waals surface area contributed by atoms with E-state index in [1.54, 1.807) is 13.8 Å². The molecule has 2 N–H and O–H groups in total. The Bertz CT molecular complexity index is 456. The molecule has 0 aliphatic carbocycles. The molecule has 0 aliphatic heterocycles. The summed E-state index contributed by atoms with van der Waals surface area (Å²) < 4.78 is 1.48. The van der Waals surface area contributed by atoms with Crippen LogP contribution in [0.2, 0.25) is 5.02 Å². The van der Waals surface area contributed by atoms with Crippen LogP contribution in [0.4, 0.5) is 0 Å². The van der Waals surface area contributed by atoms with E-state index in [0.717, 1.165) is 0 Å². The molecule has 0 radical (unpaired) electrons. The number of carbonyl (C=O) groups is 2. The van der Waals surface area contributed by atoms with Crippen molar-refractivity contribution in [3.05, 3.63) is 16.4 Å². The highest BCUT2D eigenvalue weighted by molar-refractivity contribution is 6.31. The largest absolute Gasteiger partial charge is 0.480 e. The van der Waals surface area contributed by atoms with Crippen LogP contribution >= 0.6 is 11.6 Å². The summed E-state index contributed by atoms with van der Waals surface area (Å²) in [5, 5.41) is 15.9. The molecule has 1 unspecified atom stereocenters. The fourth-order valence-corrected chi connectivity index (χ4v) is 1.59. The van der Waals surface area contributed by atoms with Gasteiger partial charge in [0.25, 0.3) is 0 Å². The van der Waals surface area contributed by atoms with Crippen molar-refractivity contribution in [1.82, 2.24) is 15.1 Å². The molecular weight excluding hydrogens is 246 g/mol. The average molecular weight is 260 g/mol. The van der Waals surface area contributed by atoms with Gasteiger partial charge in [0.1, 0.15) is 6.04 Å². The standard InChI is InChI=1S/C10H14ClN3O3/c1-5-9(11)6(2)14(13-5)4-8(10(16)17)12-7(3)15/h8H,4H2,1-3H3,(H,12,15)(H,16,17). The zero-order valence-electron chi connectivity index (χ0n) is 9.82. The monoisotopic (exact) mass is 259 g/mol. The van der Waals surface area contributed by atoms with Gasteiger partial charge < -0.3 is 10.4 Å². The molecule has 0 fully saturated rings. The molecule has 0 aliphatic rings. The van der Waals surface area contributed by atoms with Crippen LogP contribution in [0.3, 0.4) is 0 Å². The van der Waals surface area contributed by atoms with E-state index in [4.69, 9.17) is 16.7 Å². The number of aromatic nitrogens is 2. The number of aryl methyl sites for hydroxylation is 1. The second-order valence-corrected chi connectivity index (χ2v) is 4.14. The summed E-state index contributed by atoms with van der Waals surface area (Å²) in [5.41, 5.74) is 1.32. The fourth-order valence-electron chi connectivity index (χ4n) is 1.46. The Kier molecular flexibility index (Phi) is 4.11. The topological polar surface area (TPSA) is 84.2 Å². The summed E-state index contributed by atoms with van der Waals surface area (Å²) >= 11 is 5.95. The van der Waals surface area contributed by atoms with E-state index in [0.29, 0.717) is 16.4 Å². The predicted molar refractivity (Wildman–Crippen MR) is 62.0 cm³/mol. The van der Waals surface area contributed by atoms with Crippen molar-refractivity contribution >= 4 is 23.5 Å². The Hall–Kier alpha value is -1.56. The molecule has 94 valence electrons. The summed E-state index contributed by atoms with van der Waals surface area (Å²) in [7, 11) is 0. The highest BCUT2D eigenvalue weighted by Gasteiger charge is 2.21. The maximum absolute atomic E-state index is 11.0. The zero-order valence-corrected chi connectivity index (χ0v) is 10.6. The van der Waals surface area contributed by atoms with Crippen LogP contribution in [0.15, 0.2) is 0 Å². The van der Waals surface area contributed by atoms with Gasteiger partial charge in [-0.1, -0.05) is 11.6 Å². The molecule has 0 aromatic carbocycles. The quantitative estimate of drug-likeness (QED) is 0.835. The number of hydrogen-bond acceptors (Lipinski definition) is 3. The van der Waals surface area contributed by atoms with E-state index >= 15 is 0 Å². The number of hydrogen-bond donors (Lipinski definition) is 2. The maximum Gasteiger partial charge on any atom is 0.328 e. The SMILES string of the molecule is CC(=O)NC(Cn1nc(C)c(Cl)c1C)C(=O)O. The van der Waals surface area contributed by atoms with Crippen LogP contribution in [0.1, 0.15) is 18.3 Å². The van der Waals surface area contributed by atoms with E-state index in [-0.39, 0.29) is 6.54 Å². The number of carboxylic acids is 1. The highest BCUT2D eigenvalue weighted by Crippen LogP contribution is 2.18. The minimum atomic E-state index is -1.11. The van der Waals surface area contributed by atoms with Crippen LogP contribution in [0, 0.1) is 13.8 Å². The molecular formula is C10H14ClN3O3. The third kappa shape index (κ3) is 3.20. The summed E-state index contributed by atoms with van der Waals surface area (Å²) in [6.07, 6.45) is 0. The van der Waals surface area contributed by atoms with Crippen molar-refractivity contribution in [2.75, 3.05) is 0 Å². The normalized spacial score (nSPS) is 12.2. The minimum absolute atomic E-state index is 0.0499. The molecule has 7 heteroatoms. The average Bonchev–Trinajstić information content (AvgIpc) is 2.44. The lowest BCUT2D eigenvalue weighted by Gasteiger charge is -2.14. The summed E-state index contributed by atoms with van der Waals surface area (Å²) in [5.74, 6) is -1.51. The number of aliphatic carboxylic acids is 1. The van der Waals surface area contributed by atoms with E-state index in [1.165, 1.54) is 11.6 Å². The molecule has 0 bridgehead atoms. The van der Waals surface area contributed by atoms with Gasteiger partial charge in [0.15, 0.2) is 0 Å². The third-order valence-corrected chi connectivity index (χ3v) is 2.87. The van der Waals surface area contributed by atoms with E-state index in [2.05, 4.69) is 10.4 Å². The highest BCUT2D eigenvalue weighted by atomic mass is 35.5. The van der Waals surface area contributed by atoms with Crippen molar-refractivity contribution in [3.63, 3.8) is 0 Å². The molecule has 1 rings (SSSR count). The number of carbonyl (C=O) groups excluding carboxylic acids is 1. The maximum atomic E-state index is 11.0. The van der Waals surface area contributed by atoms with E-state index in [1.807, 2.05) is 0 Å². The van der Waals surface area contributed by atoms with Gasteiger partial charge >= 0.3 is 5.97 Å². The van der Waals surface area contributed by atoms with Gasteiger partial charge in [0.2, 0.25) is 5.91 Å². The Labute approximate surface area is 104 Å². The fraction of sp³-hybridized carbons (Fsp3) is 0.500. The molecule has 0 spiro atoms.